The standard InChI is InChI=1S/C25H26N4O3S/c1-15-5-7-19(8-6-15)22-13-21(18-9-11-20(32-4)12-10-18)28-29(22)23(30)14-33-25-26-17(3)16(2)24(31)27-25/h5-12,22H,13-14H2,1-4H3,(H,26,27,31). The SMILES string of the molecule is COc1ccc(C2=NN(C(=O)CSc3nc(C)c(C)c(=O)[nH]3)C(c3ccc(C)cc3)C2)cc1. The fraction of sp³-hybridized carbons (Fsp3) is 0.280. The number of hydrazone groups is 1. The smallest absolute Gasteiger partial charge is 0.254 e. The number of aromatic amines is 1. The van der Waals surface area contributed by atoms with Crippen molar-refractivity contribution < 1.29 is 9.53 Å². The molecule has 8 heteroatoms. The van der Waals surface area contributed by atoms with E-state index < -0.39 is 0 Å². The molecular formula is C25H26N4O3S. The first kappa shape index (κ1) is 22.8. The zero-order chi connectivity index (χ0) is 23.5. The van der Waals surface area contributed by atoms with Gasteiger partial charge in [0.1, 0.15) is 5.75 Å². The molecule has 0 saturated heterocycles. The second kappa shape index (κ2) is 9.62. The number of H-pyrrole nitrogens is 1. The van der Waals surface area contributed by atoms with E-state index in [9.17, 15) is 9.59 Å². The minimum atomic E-state index is -0.192. The van der Waals surface area contributed by atoms with Crippen molar-refractivity contribution in [3.8, 4) is 5.75 Å². The third-order valence-corrected chi connectivity index (χ3v) is 6.61. The molecule has 0 saturated carbocycles. The molecule has 0 bridgehead atoms. The summed E-state index contributed by atoms with van der Waals surface area (Å²) in [6.07, 6.45) is 0.616. The molecule has 1 unspecified atom stereocenters. The zero-order valence-corrected chi connectivity index (χ0v) is 19.9. The average Bonchev–Trinajstić information content (AvgIpc) is 3.27. The van der Waals surface area contributed by atoms with Gasteiger partial charge in [0.2, 0.25) is 0 Å². The molecule has 0 aliphatic carbocycles. The van der Waals surface area contributed by atoms with Crippen molar-refractivity contribution in [1.29, 1.82) is 0 Å². The lowest BCUT2D eigenvalue weighted by Gasteiger charge is -2.22. The van der Waals surface area contributed by atoms with Crippen LogP contribution in [0.4, 0.5) is 0 Å². The number of methoxy groups -OCH3 is 1. The minimum Gasteiger partial charge on any atom is -0.497 e. The molecule has 2 aromatic carbocycles. The van der Waals surface area contributed by atoms with Crippen LogP contribution >= 0.6 is 11.8 Å². The summed E-state index contributed by atoms with van der Waals surface area (Å²) >= 11 is 1.21. The molecule has 1 aliphatic rings. The maximum absolute atomic E-state index is 13.2. The Labute approximate surface area is 196 Å². The second-order valence-corrected chi connectivity index (χ2v) is 8.98. The molecule has 0 fully saturated rings. The van der Waals surface area contributed by atoms with Crippen LogP contribution in [0.1, 0.15) is 40.4 Å². The summed E-state index contributed by atoms with van der Waals surface area (Å²) in [7, 11) is 1.63. The fourth-order valence-electron chi connectivity index (χ4n) is 3.63. The molecule has 1 aromatic heterocycles. The Morgan fingerprint density at radius 1 is 1.12 bits per heavy atom. The highest BCUT2D eigenvalue weighted by Crippen LogP contribution is 2.34. The van der Waals surface area contributed by atoms with Crippen molar-refractivity contribution in [1.82, 2.24) is 15.0 Å². The van der Waals surface area contributed by atoms with Gasteiger partial charge in [-0.3, -0.25) is 9.59 Å². The van der Waals surface area contributed by atoms with Crippen molar-refractivity contribution in [2.24, 2.45) is 5.10 Å². The first-order valence-corrected chi connectivity index (χ1v) is 11.6. The van der Waals surface area contributed by atoms with E-state index in [-0.39, 0.29) is 23.3 Å². The van der Waals surface area contributed by atoms with Gasteiger partial charge in [0.15, 0.2) is 5.16 Å². The summed E-state index contributed by atoms with van der Waals surface area (Å²) in [5.41, 5.74) is 5.05. The monoisotopic (exact) mass is 462 g/mol. The lowest BCUT2D eigenvalue weighted by Crippen LogP contribution is -2.28. The highest BCUT2D eigenvalue weighted by Gasteiger charge is 2.33. The van der Waals surface area contributed by atoms with Gasteiger partial charge in [-0.2, -0.15) is 5.10 Å². The van der Waals surface area contributed by atoms with Gasteiger partial charge in [-0.1, -0.05) is 41.6 Å². The van der Waals surface area contributed by atoms with E-state index in [0.717, 1.165) is 28.2 Å². The van der Waals surface area contributed by atoms with E-state index in [4.69, 9.17) is 9.84 Å². The lowest BCUT2D eigenvalue weighted by atomic mass is 9.97. The van der Waals surface area contributed by atoms with E-state index >= 15 is 0 Å². The highest BCUT2D eigenvalue weighted by atomic mass is 32.2. The molecule has 1 amide bonds. The topological polar surface area (TPSA) is 87.7 Å². The van der Waals surface area contributed by atoms with E-state index in [0.29, 0.717) is 22.8 Å². The first-order valence-electron chi connectivity index (χ1n) is 10.7. The maximum atomic E-state index is 13.2. The Morgan fingerprint density at radius 3 is 2.45 bits per heavy atom. The quantitative estimate of drug-likeness (QED) is 0.439. The summed E-state index contributed by atoms with van der Waals surface area (Å²) < 4.78 is 5.25. The van der Waals surface area contributed by atoms with Crippen LogP contribution in [-0.2, 0) is 4.79 Å². The van der Waals surface area contributed by atoms with Crippen LogP contribution in [0.2, 0.25) is 0 Å². The van der Waals surface area contributed by atoms with Crippen LogP contribution in [-0.4, -0.2) is 39.5 Å². The third-order valence-electron chi connectivity index (χ3n) is 5.76. The van der Waals surface area contributed by atoms with Gasteiger partial charge in [-0.15, -0.1) is 0 Å². The summed E-state index contributed by atoms with van der Waals surface area (Å²) in [5.74, 6) is 0.745. The summed E-state index contributed by atoms with van der Waals surface area (Å²) in [5, 5.41) is 6.71. The van der Waals surface area contributed by atoms with Crippen molar-refractivity contribution in [2.45, 2.75) is 38.4 Å². The minimum absolute atomic E-state index is 0.118. The molecule has 0 radical (unpaired) electrons. The number of ether oxygens (including phenoxy) is 1. The maximum Gasteiger partial charge on any atom is 0.254 e. The van der Waals surface area contributed by atoms with E-state index in [1.165, 1.54) is 11.8 Å². The van der Waals surface area contributed by atoms with Crippen LogP contribution < -0.4 is 10.3 Å². The van der Waals surface area contributed by atoms with E-state index in [1.807, 2.05) is 55.5 Å². The summed E-state index contributed by atoms with van der Waals surface area (Å²) in [6, 6.07) is 15.7. The van der Waals surface area contributed by atoms with Gasteiger partial charge in [-0.05, 0) is 56.2 Å². The number of thioether (sulfide) groups is 1. The van der Waals surface area contributed by atoms with E-state index in [1.54, 1.807) is 26.0 Å². The van der Waals surface area contributed by atoms with Crippen LogP contribution in [0.25, 0.3) is 0 Å². The molecule has 1 N–H and O–H groups in total. The molecule has 1 aliphatic heterocycles. The van der Waals surface area contributed by atoms with Gasteiger partial charge in [-0.25, -0.2) is 9.99 Å². The number of carbonyl (C=O) groups excluding carboxylic acids is 1. The van der Waals surface area contributed by atoms with Gasteiger partial charge < -0.3 is 9.72 Å². The molecule has 2 heterocycles. The predicted octanol–water partition coefficient (Wildman–Crippen LogP) is 4.17. The molecule has 7 nitrogen and oxygen atoms in total. The zero-order valence-electron chi connectivity index (χ0n) is 19.1. The van der Waals surface area contributed by atoms with Crippen molar-refractivity contribution in [3.05, 3.63) is 86.8 Å². The Morgan fingerprint density at radius 2 is 1.82 bits per heavy atom. The lowest BCUT2D eigenvalue weighted by molar-refractivity contribution is -0.130. The van der Waals surface area contributed by atoms with E-state index in [2.05, 4.69) is 9.97 Å². The van der Waals surface area contributed by atoms with Gasteiger partial charge >= 0.3 is 0 Å². The molecule has 1 atom stereocenters. The largest absolute Gasteiger partial charge is 0.497 e. The Bertz CT molecular complexity index is 1250. The third kappa shape index (κ3) is 5.01. The van der Waals surface area contributed by atoms with Gasteiger partial charge in [0.05, 0.1) is 24.6 Å². The van der Waals surface area contributed by atoms with Gasteiger partial charge in [0, 0.05) is 17.7 Å². The van der Waals surface area contributed by atoms with Gasteiger partial charge in [0.25, 0.3) is 11.5 Å². The number of nitrogens with zero attached hydrogens (tertiary/aromatic N) is 3. The fourth-order valence-corrected chi connectivity index (χ4v) is 4.39. The molecule has 0 spiro atoms. The predicted molar refractivity (Wildman–Crippen MR) is 130 cm³/mol. The molecular weight excluding hydrogens is 436 g/mol. The molecule has 170 valence electrons. The number of hydrogen-bond acceptors (Lipinski definition) is 6. The number of carbonyl (C=O) groups is 1. The van der Waals surface area contributed by atoms with Crippen molar-refractivity contribution in [2.75, 3.05) is 12.9 Å². The Kier molecular flexibility index (Phi) is 6.65. The second-order valence-electron chi connectivity index (χ2n) is 8.01. The number of nitrogens with one attached hydrogen (secondary N) is 1. The van der Waals surface area contributed by atoms with Crippen LogP contribution in [0.5, 0.6) is 5.75 Å². The van der Waals surface area contributed by atoms with Crippen LogP contribution in [0, 0.1) is 20.8 Å². The number of benzene rings is 2. The Hall–Kier alpha value is -3.39. The number of rotatable bonds is 6. The van der Waals surface area contributed by atoms with Crippen molar-refractivity contribution >= 4 is 23.4 Å². The Balaban J connectivity index is 1.59. The summed E-state index contributed by atoms with van der Waals surface area (Å²) in [6.45, 7) is 5.55. The number of hydrogen-bond donors (Lipinski definition) is 1. The highest BCUT2D eigenvalue weighted by molar-refractivity contribution is 7.99. The first-order chi connectivity index (χ1) is 15.9. The van der Waals surface area contributed by atoms with Crippen LogP contribution in [0.3, 0.4) is 0 Å². The number of aromatic nitrogens is 2. The number of aryl methyl sites for hydroxylation is 2. The van der Waals surface area contributed by atoms with Crippen LogP contribution in [0.15, 0.2) is 63.6 Å². The molecule has 3 aromatic rings. The average molecular weight is 463 g/mol. The normalized spacial score (nSPS) is 15.5. The van der Waals surface area contributed by atoms with Crippen molar-refractivity contribution in [3.63, 3.8) is 0 Å². The summed E-state index contributed by atoms with van der Waals surface area (Å²) in [4.78, 5) is 32.4. The number of amides is 1. The molecule has 4 rings (SSSR count). The molecule has 33 heavy (non-hydrogen) atoms.